The summed E-state index contributed by atoms with van der Waals surface area (Å²) in [5, 5.41) is 12.2. The second-order valence-corrected chi connectivity index (χ2v) is 8.21. The molecule has 0 atom stereocenters. The molecule has 0 aliphatic carbocycles. The predicted molar refractivity (Wildman–Crippen MR) is 135 cm³/mol. The molecule has 0 saturated heterocycles. The van der Waals surface area contributed by atoms with Gasteiger partial charge in [0.05, 0.1) is 10.2 Å². The van der Waals surface area contributed by atoms with Gasteiger partial charge in [-0.2, -0.15) is 5.26 Å². The summed E-state index contributed by atoms with van der Waals surface area (Å²) < 4.78 is 12.3. The van der Waals surface area contributed by atoms with Gasteiger partial charge in [0.15, 0.2) is 0 Å². The maximum Gasteiger partial charge on any atom is 0.266 e. The van der Waals surface area contributed by atoms with Crippen molar-refractivity contribution < 1.29 is 14.3 Å². The fraction of sp³-hybridized carbons (Fsp3) is 0.154. The molecule has 0 heterocycles. The number of rotatable bonds is 8. The van der Waals surface area contributed by atoms with Gasteiger partial charge in [-0.3, -0.25) is 4.79 Å². The van der Waals surface area contributed by atoms with Crippen LogP contribution in [0.5, 0.6) is 11.5 Å². The van der Waals surface area contributed by atoms with E-state index in [1.54, 1.807) is 24.3 Å². The normalized spacial score (nSPS) is 10.9. The number of nitrogens with zero attached hydrogens (tertiary/aromatic N) is 1. The van der Waals surface area contributed by atoms with Gasteiger partial charge < -0.3 is 14.8 Å². The Balaban J connectivity index is 1.70. The van der Waals surface area contributed by atoms with E-state index in [-0.39, 0.29) is 5.57 Å². The standard InChI is InChI=1S/C26H23IN2O3/c1-3-31-23-9-5-8-22(15-23)29-26(30)21(16-28)13-19-10-11-25(24(27)14-19)32-17-20-7-4-6-18(2)12-20/h4-15H,3,17H2,1-2H3,(H,29,30)/b21-13-. The lowest BCUT2D eigenvalue weighted by molar-refractivity contribution is -0.112. The number of benzene rings is 3. The second kappa shape index (κ2) is 11.3. The smallest absolute Gasteiger partial charge is 0.266 e. The monoisotopic (exact) mass is 538 g/mol. The van der Waals surface area contributed by atoms with E-state index in [2.05, 4.69) is 34.0 Å². The van der Waals surface area contributed by atoms with Crippen molar-refractivity contribution in [2.75, 3.05) is 11.9 Å². The van der Waals surface area contributed by atoms with Gasteiger partial charge in [0.25, 0.3) is 5.91 Å². The molecule has 162 valence electrons. The number of aryl methyl sites for hydroxylation is 1. The summed E-state index contributed by atoms with van der Waals surface area (Å²) in [7, 11) is 0. The number of ether oxygens (including phenoxy) is 2. The average molecular weight is 538 g/mol. The van der Waals surface area contributed by atoms with Crippen LogP contribution in [0.1, 0.15) is 23.6 Å². The minimum atomic E-state index is -0.476. The molecule has 0 radical (unpaired) electrons. The molecular weight excluding hydrogens is 515 g/mol. The molecule has 5 nitrogen and oxygen atoms in total. The minimum absolute atomic E-state index is 0.0102. The lowest BCUT2D eigenvalue weighted by Crippen LogP contribution is -2.13. The Hall–Kier alpha value is -3.31. The summed E-state index contributed by atoms with van der Waals surface area (Å²) in [5.74, 6) is 0.930. The van der Waals surface area contributed by atoms with Crippen molar-refractivity contribution in [2.45, 2.75) is 20.5 Å². The number of amides is 1. The molecule has 0 spiro atoms. The molecule has 0 fully saturated rings. The van der Waals surface area contributed by atoms with E-state index in [0.29, 0.717) is 24.7 Å². The van der Waals surface area contributed by atoms with E-state index in [1.165, 1.54) is 5.56 Å². The second-order valence-electron chi connectivity index (χ2n) is 7.05. The van der Waals surface area contributed by atoms with Crippen LogP contribution in [-0.4, -0.2) is 12.5 Å². The quantitative estimate of drug-likeness (QED) is 0.213. The van der Waals surface area contributed by atoms with Gasteiger partial charge in [0.2, 0.25) is 0 Å². The van der Waals surface area contributed by atoms with Crippen LogP contribution in [0, 0.1) is 21.8 Å². The van der Waals surface area contributed by atoms with Gasteiger partial charge in [0, 0.05) is 11.8 Å². The van der Waals surface area contributed by atoms with Gasteiger partial charge in [0.1, 0.15) is 29.7 Å². The average Bonchev–Trinajstić information content (AvgIpc) is 2.77. The number of carbonyl (C=O) groups is 1. The van der Waals surface area contributed by atoms with Crippen molar-refractivity contribution >= 4 is 40.3 Å². The highest BCUT2D eigenvalue weighted by Crippen LogP contribution is 2.25. The van der Waals surface area contributed by atoms with E-state index >= 15 is 0 Å². The molecule has 1 N–H and O–H groups in total. The molecule has 3 aromatic rings. The van der Waals surface area contributed by atoms with E-state index in [0.717, 1.165) is 20.4 Å². The zero-order valence-electron chi connectivity index (χ0n) is 17.9. The summed E-state index contributed by atoms with van der Waals surface area (Å²) in [6, 6.07) is 22.8. The molecule has 3 rings (SSSR count). The lowest BCUT2D eigenvalue weighted by atomic mass is 10.1. The first-order chi connectivity index (χ1) is 15.5. The summed E-state index contributed by atoms with van der Waals surface area (Å²) in [5.41, 5.74) is 3.61. The van der Waals surface area contributed by atoms with Crippen LogP contribution in [-0.2, 0) is 11.4 Å². The maximum absolute atomic E-state index is 12.6. The fourth-order valence-electron chi connectivity index (χ4n) is 3.03. The summed E-state index contributed by atoms with van der Waals surface area (Å²) >= 11 is 2.19. The van der Waals surface area contributed by atoms with E-state index in [1.807, 2.05) is 62.4 Å². The Bertz CT molecular complexity index is 1180. The van der Waals surface area contributed by atoms with Crippen LogP contribution >= 0.6 is 22.6 Å². The number of anilines is 1. The van der Waals surface area contributed by atoms with Gasteiger partial charge in [-0.15, -0.1) is 0 Å². The Morgan fingerprint density at radius 3 is 2.62 bits per heavy atom. The first kappa shape index (κ1) is 23.4. The van der Waals surface area contributed by atoms with Crippen molar-refractivity contribution in [2.24, 2.45) is 0 Å². The first-order valence-corrected chi connectivity index (χ1v) is 11.2. The minimum Gasteiger partial charge on any atom is -0.494 e. The van der Waals surface area contributed by atoms with Gasteiger partial charge in [-0.05, 0) is 77.9 Å². The van der Waals surface area contributed by atoms with Crippen LogP contribution in [0.15, 0.2) is 72.3 Å². The summed E-state index contributed by atoms with van der Waals surface area (Å²) in [6.07, 6.45) is 1.56. The molecule has 0 aromatic heterocycles. The molecule has 0 bridgehead atoms. The third-order valence-electron chi connectivity index (χ3n) is 4.51. The number of hydrogen-bond donors (Lipinski definition) is 1. The molecule has 0 unspecified atom stereocenters. The number of nitriles is 1. The van der Waals surface area contributed by atoms with Crippen LogP contribution in [0.25, 0.3) is 6.08 Å². The lowest BCUT2D eigenvalue weighted by Gasteiger charge is -2.10. The number of carbonyl (C=O) groups excluding carboxylic acids is 1. The molecule has 0 aliphatic rings. The molecule has 0 aliphatic heterocycles. The largest absolute Gasteiger partial charge is 0.494 e. The number of hydrogen-bond acceptors (Lipinski definition) is 4. The first-order valence-electron chi connectivity index (χ1n) is 10.1. The zero-order valence-corrected chi connectivity index (χ0v) is 20.0. The predicted octanol–water partition coefficient (Wildman–Crippen LogP) is 6.12. The number of nitrogens with one attached hydrogen (secondary N) is 1. The Morgan fingerprint density at radius 1 is 1.09 bits per heavy atom. The fourth-order valence-corrected chi connectivity index (χ4v) is 3.73. The van der Waals surface area contributed by atoms with Crippen molar-refractivity contribution in [3.05, 3.63) is 92.6 Å². The van der Waals surface area contributed by atoms with Crippen molar-refractivity contribution in [3.63, 3.8) is 0 Å². The van der Waals surface area contributed by atoms with E-state index in [4.69, 9.17) is 9.47 Å². The highest BCUT2D eigenvalue weighted by Gasteiger charge is 2.11. The van der Waals surface area contributed by atoms with Crippen molar-refractivity contribution in [1.82, 2.24) is 0 Å². The van der Waals surface area contributed by atoms with Crippen molar-refractivity contribution in [3.8, 4) is 17.6 Å². The SMILES string of the molecule is CCOc1cccc(NC(=O)/C(C#N)=C\c2ccc(OCc3cccc(C)c3)c(I)c2)c1. The van der Waals surface area contributed by atoms with Crippen LogP contribution in [0.3, 0.4) is 0 Å². The van der Waals surface area contributed by atoms with Crippen LogP contribution < -0.4 is 14.8 Å². The Kier molecular flexibility index (Phi) is 8.28. The summed E-state index contributed by atoms with van der Waals surface area (Å²) in [6.45, 7) is 4.94. The topological polar surface area (TPSA) is 71.3 Å². The molecule has 6 heteroatoms. The summed E-state index contributed by atoms with van der Waals surface area (Å²) in [4.78, 5) is 12.6. The van der Waals surface area contributed by atoms with E-state index < -0.39 is 5.91 Å². The zero-order chi connectivity index (χ0) is 22.9. The van der Waals surface area contributed by atoms with Crippen molar-refractivity contribution in [1.29, 1.82) is 5.26 Å². The number of halogens is 1. The highest BCUT2D eigenvalue weighted by atomic mass is 127. The van der Waals surface area contributed by atoms with E-state index in [9.17, 15) is 10.1 Å². The third-order valence-corrected chi connectivity index (χ3v) is 5.35. The van der Waals surface area contributed by atoms with Gasteiger partial charge in [-0.1, -0.05) is 42.0 Å². The molecule has 1 amide bonds. The van der Waals surface area contributed by atoms with Crippen LogP contribution in [0.4, 0.5) is 5.69 Å². The maximum atomic E-state index is 12.6. The molecule has 32 heavy (non-hydrogen) atoms. The molecule has 3 aromatic carbocycles. The van der Waals surface area contributed by atoms with Gasteiger partial charge >= 0.3 is 0 Å². The third kappa shape index (κ3) is 6.59. The Morgan fingerprint density at radius 2 is 1.91 bits per heavy atom. The highest BCUT2D eigenvalue weighted by molar-refractivity contribution is 14.1. The van der Waals surface area contributed by atoms with Gasteiger partial charge in [-0.25, -0.2) is 0 Å². The molecule has 0 saturated carbocycles. The Labute approximate surface area is 201 Å². The molecular formula is C26H23IN2O3. The van der Waals surface area contributed by atoms with Crippen LogP contribution in [0.2, 0.25) is 0 Å².